The van der Waals surface area contributed by atoms with Crippen molar-refractivity contribution in [3.8, 4) is 0 Å². The third kappa shape index (κ3) is 2.62. The van der Waals surface area contributed by atoms with Crippen LogP contribution in [0, 0.1) is 17.5 Å². The Morgan fingerprint density at radius 1 is 1.33 bits per heavy atom. The molecule has 0 aliphatic rings. The lowest BCUT2D eigenvalue weighted by molar-refractivity contribution is -0.115. The summed E-state index contributed by atoms with van der Waals surface area (Å²) in [6.07, 6.45) is 0. The molecular formula is C9H7ClF3NO. The van der Waals surface area contributed by atoms with Gasteiger partial charge in [-0.1, -0.05) is 0 Å². The van der Waals surface area contributed by atoms with Gasteiger partial charge in [0.25, 0.3) is 0 Å². The average Bonchev–Trinajstić information content (AvgIpc) is 2.18. The van der Waals surface area contributed by atoms with Crippen molar-refractivity contribution < 1.29 is 18.0 Å². The van der Waals surface area contributed by atoms with Gasteiger partial charge in [-0.25, -0.2) is 13.2 Å². The van der Waals surface area contributed by atoms with E-state index in [0.29, 0.717) is 6.07 Å². The van der Waals surface area contributed by atoms with Gasteiger partial charge < -0.3 is 5.32 Å². The molecule has 1 rings (SSSR count). The summed E-state index contributed by atoms with van der Waals surface area (Å²) in [4.78, 5) is 11.0. The zero-order chi connectivity index (χ0) is 11.6. The number of nitrogens with one attached hydrogen (secondary N) is 1. The molecule has 15 heavy (non-hydrogen) atoms. The highest BCUT2D eigenvalue weighted by Gasteiger charge is 2.16. The fourth-order valence-electron chi connectivity index (χ4n) is 0.855. The highest BCUT2D eigenvalue weighted by molar-refractivity contribution is 6.32. The Morgan fingerprint density at radius 3 is 2.47 bits per heavy atom. The van der Waals surface area contributed by atoms with E-state index in [1.165, 1.54) is 6.92 Å². The summed E-state index contributed by atoms with van der Waals surface area (Å²) in [6, 6.07) is 1.64. The predicted molar refractivity (Wildman–Crippen MR) is 50.3 cm³/mol. The molecule has 1 aromatic carbocycles. The van der Waals surface area contributed by atoms with Crippen molar-refractivity contribution in [2.24, 2.45) is 0 Å². The summed E-state index contributed by atoms with van der Waals surface area (Å²) in [5, 5.41) is 1.13. The summed E-state index contributed by atoms with van der Waals surface area (Å²) >= 11 is 5.40. The fourth-order valence-corrected chi connectivity index (χ4v) is 0.909. The quantitative estimate of drug-likeness (QED) is 0.622. The Hall–Kier alpha value is -1.23. The number of hydrogen-bond donors (Lipinski definition) is 1. The number of anilines is 1. The maximum absolute atomic E-state index is 13.0. The van der Waals surface area contributed by atoms with Gasteiger partial charge >= 0.3 is 0 Å². The molecule has 0 spiro atoms. The minimum absolute atomic E-state index is 0.439. The summed E-state index contributed by atoms with van der Waals surface area (Å²) in [6.45, 7) is 1.37. The van der Waals surface area contributed by atoms with E-state index in [1.54, 1.807) is 0 Å². The lowest BCUT2D eigenvalue weighted by Crippen LogP contribution is -2.21. The lowest BCUT2D eigenvalue weighted by Gasteiger charge is -2.07. The molecule has 0 saturated carbocycles. The molecule has 0 fully saturated rings. The number of carbonyl (C=O) groups is 1. The Bertz CT molecular complexity index is 395. The van der Waals surface area contributed by atoms with Gasteiger partial charge in [0.15, 0.2) is 17.5 Å². The first kappa shape index (κ1) is 11.8. The zero-order valence-corrected chi connectivity index (χ0v) is 8.41. The minimum atomic E-state index is -1.63. The van der Waals surface area contributed by atoms with Crippen molar-refractivity contribution in [1.29, 1.82) is 0 Å². The van der Waals surface area contributed by atoms with E-state index in [4.69, 9.17) is 11.6 Å². The number of halogens is 4. The topological polar surface area (TPSA) is 29.1 Å². The molecule has 82 valence electrons. The molecule has 0 aromatic heterocycles. The van der Waals surface area contributed by atoms with Gasteiger partial charge in [0.2, 0.25) is 5.91 Å². The van der Waals surface area contributed by atoms with Gasteiger partial charge in [0.05, 0.1) is 5.69 Å². The molecular weight excluding hydrogens is 231 g/mol. The summed E-state index contributed by atoms with van der Waals surface area (Å²) in [5.74, 6) is -5.08. The summed E-state index contributed by atoms with van der Waals surface area (Å²) in [7, 11) is 0. The van der Waals surface area contributed by atoms with Crippen molar-refractivity contribution in [2.75, 3.05) is 5.32 Å². The third-order valence-corrected chi connectivity index (χ3v) is 1.85. The molecule has 0 aliphatic heterocycles. The van der Waals surface area contributed by atoms with Gasteiger partial charge in [0.1, 0.15) is 5.38 Å². The van der Waals surface area contributed by atoms with Crippen LogP contribution in [0.3, 0.4) is 0 Å². The molecule has 0 heterocycles. The first-order valence-electron chi connectivity index (χ1n) is 4.02. The summed E-state index contributed by atoms with van der Waals surface area (Å²) in [5.41, 5.74) is -0.439. The van der Waals surface area contributed by atoms with Gasteiger partial charge in [0, 0.05) is 0 Å². The maximum atomic E-state index is 13.0. The van der Waals surface area contributed by atoms with E-state index in [9.17, 15) is 18.0 Å². The highest BCUT2D eigenvalue weighted by atomic mass is 35.5. The van der Waals surface area contributed by atoms with Crippen LogP contribution in [-0.2, 0) is 4.79 Å². The summed E-state index contributed by atoms with van der Waals surface area (Å²) < 4.78 is 38.2. The first-order chi connectivity index (χ1) is 6.93. The number of rotatable bonds is 2. The number of amides is 1. The molecule has 1 aromatic rings. The van der Waals surface area contributed by atoms with Gasteiger partial charge in [-0.3, -0.25) is 4.79 Å². The van der Waals surface area contributed by atoms with Gasteiger partial charge in [-0.2, -0.15) is 0 Å². The monoisotopic (exact) mass is 237 g/mol. The maximum Gasteiger partial charge on any atom is 0.242 e. The van der Waals surface area contributed by atoms with Crippen LogP contribution >= 0.6 is 11.6 Å². The van der Waals surface area contributed by atoms with E-state index in [0.717, 1.165) is 6.07 Å². The first-order valence-corrected chi connectivity index (χ1v) is 4.45. The molecule has 0 saturated heterocycles. The van der Waals surface area contributed by atoms with Gasteiger partial charge in [-0.05, 0) is 19.1 Å². The van der Waals surface area contributed by atoms with Crippen molar-refractivity contribution in [3.63, 3.8) is 0 Å². The molecule has 0 unspecified atom stereocenters. The number of carbonyl (C=O) groups excluding carboxylic acids is 1. The van der Waals surface area contributed by atoms with Crippen molar-refractivity contribution in [1.82, 2.24) is 0 Å². The van der Waals surface area contributed by atoms with Crippen molar-refractivity contribution >= 4 is 23.2 Å². The zero-order valence-electron chi connectivity index (χ0n) is 7.65. The van der Waals surface area contributed by atoms with Crippen LogP contribution in [0.2, 0.25) is 0 Å². The molecule has 1 N–H and O–H groups in total. The Balaban J connectivity index is 2.97. The van der Waals surface area contributed by atoms with E-state index in [-0.39, 0.29) is 0 Å². The van der Waals surface area contributed by atoms with Crippen LogP contribution in [0.4, 0.5) is 18.9 Å². The predicted octanol–water partition coefficient (Wildman–Crippen LogP) is 2.67. The molecule has 0 radical (unpaired) electrons. The van der Waals surface area contributed by atoms with Crippen LogP contribution in [-0.4, -0.2) is 11.3 Å². The average molecular weight is 238 g/mol. The molecule has 0 bridgehead atoms. The lowest BCUT2D eigenvalue weighted by atomic mass is 10.2. The standard InChI is InChI=1S/C9H7ClF3NO/c1-4(10)9(15)14-6-3-2-5(11)7(12)8(6)13/h2-4H,1H3,(H,14,15)/t4-/m1/s1. The number of alkyl halides is 1. The smallest absolute Gasteiger partial charge is 0.242 e. The van der Waals surface area contributed by atoms with Crippen LogP contribution in [0.15, 0.2) is 12.1 Å². The van der Waals surface area contributed by atoms with Crippen LogP contribution < -0.4 is 5.32 Å². The second kappa shape index (κ2) is 4.53. The largest absolute Gasteiger partial charge is 0.322 e. The molecule has 1 atom stereocenters. The highest BCUT2D eigenvalue weighted by Crippen LogP contribution is 2.19. The van der Waals surface area contributed by atoms with Crippen LogP contribution in [0.1, 0.15) is 6.92 Å². The second-order valence-electron chi connectivity index (χ2n) is 2.83. The van der Waals surface area contributed by atoms with E-state index in [2.05, 4.69) is 0 Å². The molecule has 1 amide bonds. The fraction of sp³-hybridized carbons (Fsp3) is 0.222. The van der Waals surface area contributed by atoms with E-state index in [1.807, 2.05) is 5.32 Å². The third-order valence-electron chi connectivity index (χ3n) is 1.65. The Labute approximate surface area is 89.0 Å². The Kier molecular flexibility index (Phi) is 3.57. The van der Waals surface area contributed by atoms with E-state index >= 15 is 0 Å². The minimum Gasteiger partial charge on any atom is -0.322 e. The number of hydrogen-bond acceptors (Lipinski definition) is 1. The van der Waals surface area contributed by atoms with E-state index < -0.39 is 34.4 Å². The Morgan fingerprint density at radius 2 is 1.93 bits per heavy atom. The SMILES string of the molecule is C[C@@H](Cl)C(=O)Nc1ccc(F)c(F)c1F. The normalized spacial score (nSPS) is 12.3. The van der Waals surface area contributed by atoms with Crippen LogP contribution in [0.5, 0.6) is 0 Å². The molecule has 0 aliphatic carbocycles. The number of benzene rings is 1. The van der Waals surface area contributed by atoms with Crippen molar-refractivity contribution in [3.05, 3.63) is 29.6 Å². The van der Waals surface area contributed by atoms with Gasteiger partial charge in [-0.15, -0.1) is 11.6 Å². The van der Waals surface area contributed by atoms with Crippen molar-refractivity contribution in [2.45, 2.75) is 12.3 Å². The molecule has 6 heteroatoms. The molecule has 2 nitrogen and oxygen atoms in total. The van der Waals surface area contributed by atoms with Crippen LogP contribution in [0.25, 0.3) is 0 Å². The second-order valence-corrected chi connectivity index (χ2v) is 3.48.